The molecule has 2 aromatic rings. The standard InChI is InChI=1S/C14H20N4S2/c1-3-15-13-16-11(8-19-13)12-9-20-14(17-12)18-7-5-4-6-10(18)2/h8-10H,3-7H2,1-2H3,(H,15,16). The third kappa shape index (κ3) is 2.81. The third-order valence-corrected chi connectivity index (χ3v) is 5.31. The molecular formula is C14H20N4S2. The maximum Gasteiger partial charge on any atom is 0.186 e. The van der Waals surface area contributed by atoms with Crippen molar-refractivity contribution < 1.29 is 0 Å². The minimum atomic E-state index is 0.607. The second-order valence-electron chi connectivity index (χ2n) is 5.12. The Labute approximate surface area is 127 Å². The number of anilines is 2. The molecule has 0 amide bonds. The van der Waals surface area contributed by atoms with Crippen molar-refractivity contribution in [1.29, 1.82) is 0 Å². The average molecular weight is 308 g/mol. The predicted molar refractivity (Wildman–Crippen MR) is 88.0 cm³/mol. The number of hydrogen-bond acceptors (Lipinski definition) is 6. The molecule has 1 aliphatic heterocycles. The molecule has 3 rings (SSSR count). The van der Waals surface area contributed by atoms with Crippen molar-refractivity contribution in [2.45, 2.75) is 39.2 Å². The van der Waals surface area contributed by atoms with Crippen LogP contribution in [0.1, 0.15) is 33.1 Å². The Kier molecular flexibility index (Phi) is 4.21. The summed E-state index contributed by atoms with van der Waals surface area (Å²) < 4.78 is 0. The van der Waals surface area contributed by atoms with E-state index in [-0.39, 0.29) is 0 Å². The van der Waals surface area contributed by atoms with Crippen LogP contribution >= 0.6 is 22.7 Å². The van der Waals surface area contributed by atoms with Crippen molar-refractivity contribution in [1.82, 2.24) is 9.97 Å². The predicted octanol–water partition coefficient (Wildman–Crippen LogP) is 4.08. The molecule has 2 aromatic heterocycles. The van der Waals surface area contributed by atoms with Crippen LogP contribution in [0.25, 0.3) is 11.4 Å². The molecule has 0 saturated carbocycles. The van der Waals surface area contributed by atoms with Crippen LogP contribution in [0.4, 0.5) is 10.3 Å². The molecule has 0 spiro atoms. The SMILES string of the molecule is CCNc1nc(-c2csc(N3CCCCC3C)n2)cs1. The van der Waals surface area contributed by atoms with Gasteiger partial charge in [-0.05, 0) is 33.1 Å². The smallest absolute Gasteiger partial charge is 0.186 e. The Balaban J connectivity index is 1.78. The van der Waals surface area contributed by atoms with Gasteiger partial charge < -0.3 is 10.2 Å². The maximum absolute atomic E-state index is 4.79. The number of hydrogen-bond donors (Lipinski definition) is 1. The molecule has 0 radical (unpaired) electrons. The molecule has 1 unspecified atom stereocenters. The Bertz CT molecular complexity index is 563. The zero-order valence-electron chi connectivity index (χ0n) is 11.9. The van der Waals surface area contributed by atoms with E-state index in [1.54, 1.807) is 22.7 Å². The highest BCUT2D eigenvalue weighted by Gasteiger charge is 2.21. The molecule has 0 bridgehead atoms. The second-order valence-corrected chi connectivity index (χ2v) is 6.82. The summed E-state index contributed by atoms with van der Waals surface area (Å²) in [6.07, 6.45) is 3.89. The zero-order valence-corrected chi connectivity index (χ0v) is 13.6. The van der Waals surface area contributed by atoms with Gasteiger partial charge in [0.05, 0.1) is 0 Å². The summed E-state index contributed by atoms with van der Waals surface area (Å²) in [6.45, 7) is 6.42. The van der Waals surface area contributed by atoms with Gasteiger partial charge in [0.25, 0.3) is 0 Å². The zero-order chi connectivity index (χ0) is 13.9. The first-order valence-corrected chi connectivity index (χ1v) is 8.96. The Morgan fingerprint density at radius 3 is 2.85 bits per heavy atom. The van der Waals surface area contributed by atoms with Gasteiger partial charge >= 0.3 is 0 Å². The minimum Gasteiger partial charge on any atom is -0.362 e. The Morgan fingerprint density at radius 1 is 1.25 bits per heavy atom. The highest BCUT2D eigenvalue weighted by molar-refractivity contribution is 7.14. The van der Waals surface area contributed by atoms with E-state index in [0.29, 0.717) is 6.04 Å². The summed E-state index contributed by atoms with van der Waals surface area (Å²) in [6, 6.07) is 0.607. The molecule has 1 atom stereocenters. The van der Waals surface area contributed by atoms with Crippen LogP contribution in [0.2, 0.25) is 0 Å². The van der Waals surface area contributed by atoms with Gasteiger partial charge in [-0.1, -0.05) is 0 Å². The fourth-order valence-corrected chi connectivity index (χ4v) is 4.24. The molecule has 6 heteroatoms. The molecule has 1 aliphatic rings. The number of nitrogens with one attached hydrogen (secondary N) is 1. The van der Waals surface area contributed by atoms with E-state index in [1.165, 1.54) is 19.3 Å². The molecule has 0 aliphatic carbocycles. The van der Waals surface area contributed by atoms with Gasteiger partial charge in [-0.3, -0.25) is 0 Å². The lowest BCUT2D eigenvalue weighted by Gasteiger charge is -2.33. The van der Waals surface area contributed by atoms with Crippen LogP contribution in [0.15, 0.2) is 10.8 Å². The van der Waals surface area contributed by atoms with Crippen molar-refractivity contribution in [3.05, 3.63) is 10.8 Å². The highest BCUT2D eigenvalue weighted by Crippen LogP contribution is 2.32. The van der Waals surface area contributed by atoms with Gasteiger partial charge in [0.1, 0.15) is 11.4 Å². The molecule has 1 N–H and O–H groups in total. The molecular weight excluding hydrogens is 288 g/mol. The number of rotatable bonds is 4. The fourth-order valence-electron chi connectivity index (χ4n) is 2.52. The van der Waals surface area contributed by atoms with Gasteiger partial charge in [-0.2, -0.15) is 0 Å². The Morgan fingerprint density at radius 2 is 2.05 bits per heavy atom. The van der Waals surface area contributed by atoms with Crippen LogP contribution < -0.4 is 10.2 Å². The largest absolute Gasteiger partial charge is 0.362 e. The van der Waals surface area contributed by atoms with Crippen molar-refractivity contribution in [2.75, 3.05) is 23.3 Å². The van der Waals surface area contributed by atoms with Gasteiger partial charge in [0.2, 0.25) is 0 Å². The summed E-state index contributed by atoms with van der Waals surface area (Å²) in [5.74, 6) is 0. The summed E-state index contributed by atoms with van der Waals surface area (Å²) in [7, 11) is 0. The molecule has 1 saturated heterocycles. The third-order valence-electron chi connectivity index (χ3n) is 3.64. The van der Waals surface area contributed by atoms with Crippen molar-refractivity contribution in [3.63, 3.8) is 0 Å². The van der Waals surface area contributed by atoms with E-state index in [9.17, 15) is 0 Å². The molecule has 3 heterocycles. The first-order chi connectivity index (χ1) is 9.78. The van der Waals surface area contributed by atoms with Gasteiger partial charge in [-0.15, -0.1) is 22.7 Å². The fraction of sp³-hybridized carbons (Fsp3) is 0.571. The second kappa shape index (κ2) is 6.10. The van der Waals surface area contributed by atoms with E-state index in [0.717, 1.165) is 34.7 Å². The minimum absolute atomic E-state index is 0.607. The monoisotopic (exact) mass is 308 g/mol. The van der Waals surface area contributed by atoms with E-state index in [2.05, 4.69) is 39.8 Å². The quantitative estimate of drug-likeness (QED) is 0.924. The van der Waals surface area contributed by atoms with Crippen LogP contribution in [-0.2, 0) is 0 Å². The van der Waals surface area contributed by atoms with Crippen LogP contribution in [0, 0.1) is 0 Å². The van der Waals surface area contributed by atoms with Crippen molar-refractivity contribution in [3.8, 4) is 11.4 Å². The molecule has 0 aromatic carbocycles. The molecule has 1 fully saturated rings. The van der Waals surface area contributed by atoms with Crippen LogP contribution in [0.3, 0.4) is 0 Å². The lowest BCUT2D eigenvalue weighted by molar-refractivity contribution is 0.484. The van der Waals surface area contributed by atoms with E-state index in [4.69, 9.17) is 4.98 Å². The maximum atomic E-state index is 4.79. The first kappa shape index (κ1) is 13.8. The number of aromatic nitrogens is 2. The van der Waals surface area contributed by atoms with Crippen molar-refractivity contribution >= 4 is 32.9 Å². The van der Waals surface area contributed by atoms with E-state index in [1.807, 2.05) is 0 Å². The van der Waals surface area contributed by atoms with E-state index < -0.39 is 0 Å². The number of nitrogens with zero attached hydrogens (tertiary/aromatic N) is 3. The number of thiazole rings is 2. The van der Waals surface area contributed by atoms with Crippen LogP contribution in [0.5, 0.6) is 0 Å². The molecule has 4 nitrogen and oxygen atoms in total. The lowest BCUT2D eigenvalue weighted by atomic mass is 10.1. The summed E-state index contributed by atoms with van der Waals surface area (Å²) >= 11 is 3.38. The van der Waals surface area contributed by atoms with E-state index >= 15 is 0 Å². The Hall–Kier alpha value is -1.14. The molecule has 20 heavy (non-hydrogen) atoms. The van der Waals surface area contributed by atoms with Gasteiger partial charge in [0.15, 0.2) is 10.3 Å². The van der Waals surface area contributed by atoms with Crippen molar-refractivity contribution in [2.24, 2.45) is 0 Å². The number of piperidine rings is 1. The topological polar surface area (TPSA) is 41.1 Å². The highest BCUT2D eigenvalue weighted by atomic mass is 32.1. The summed E-state index contributed by atoms with van der Waals surface area (Å²) in [5.41, 5.74) is 1.99. The lowest BCUT2D eigenvalue weighted by Crippen LogP contribution is -2.37. The van der Waals surface area contributed by atoms with Gasteiger partial charge in [-0.25, -0.2) is 9.97 Å². The first-order valence-electron chi connectivity index (χ1n) is 7.20. The average Bonchev–Trinajstić information content (AvgIpc) is 3.08. The van der Waals surface area contributed by atoms with Gasteiger partial charge in [0, 0.05) is 29.9 Å². The summed E-state index contributed by atoms with van der Waals surface area (Å²) in [5, 5.41) is 9.57. The summed E-state index contributed by atoms with van der Waals surface area (Å²) in [4.78, 5) is 11.8. The normalized spacial score (nSPS) is 19.3. The van der Waals surface area contributed by atoms with Crippen LogP contribution in [-0.4, -0.2) is 29.1 Å². The molecule has 108 valence electrons.